The summed E-state index contributed by atoms with van der Waals surface area (Å²) in [4.78, 5) is 15.1. The highest BCUT2D eigenvalue weighted by Crippen LogP contribution is 2.45. The number of hydrogen-bond donors (Lipinski definition) is 0. The molecular weight excluding hydrogens is 557 g/mol. The lowest BCUT2D eigenvalue weighted by Crippen LogP contribution is -1.96. The number of hydrogen-bond acceptors (Lipinski definition) is 4. The normalized spacial score (nSPS) is 11.6. The molecule has 0 saturated carbocycles. The molecule has 0 atom stereocenters. The van der Waals surface area contributed by atoms with E-state index in [1.165, 1.54) is 31.1 Å². The molecule has 0 saturated heterocycles. The Morgan fingerprint density at radius 3 is 1.89 bits per heavy atom. The van der Waals surface area contributed by atoms with E-state index in [0.717, 1.165) is 44.8 Å². The number of benzene rings is 5. The van der Waals surface area contributed by atoms with Crippen molar-refractivity contribution < 1.29 is 0 Å². The van der Waals surface area contributed by atoms with Crippen LogP contribution in [0.5, 0.6) is 0 Å². The molecule has 9 rings (SSSR count). The monoisotopic (exact) mass is 580 g/mol. The molecule has 5 heteroatoms. The Morgan fingerprint density at radius 2 is 1.18 bits per heavy atom. The van der Waals surface area contributed by atoms with Crippen molar-refractivity contribution in [2.24, 2.45) is 0 Å². The van der Waals surface area contributed by atoms with Crippen LogP contribution in [-0.2, 0) is 0 Å². The topological polar surface area (TPSA) is 43.6 Å². The third kappa shape index (κ3) is 3.94. The first-order valence-electron chi connectivity index (χ1n) is 14.6. The highest BCUT2D eigenvalue weighted by molar-refractivity contribution is 7.26. The van der Waals surface area contributed by atoms with Gasteiger partial charge >= 0.3 is 0 Å². The van der Waals surface area contributed by atoms with E-state index in [9.17, 15) is 0 Å². The Morgan fingerprint density at radius 1 is 0.545 bits per heavy atom. The second-order valence-electron chi connectivity index (χ2n) is 10.9. The second-order valence-corrected chi connectivity index (χ2v) is 11.9. The fraction of sp³-hybridized carbons (Fsp3) is 0. The van der Waals surface area contributed by atoms with E-state index in [4.69, 9.17) is 15.0 Å². The van der Waals surface area contributed by atoms with Gasteiger partial charge < -0.3 is 4.57 Å². The van der Waals surface area contributed by atoms with Crippen molar-refractivity contribution in [3.8, 4) is 39.6 Å². The number of fused-ring (bicyclic) bond motifs is 7. The van der Waals surface area contributed by atoms with Gasteiger partial charge in [-0.3, -0.25) is 4.98 Å². The fourth-order valence-corrected chi connectivity index (χ4v) is 7.45. The van der Waals surface area contributed by atoms with Crippen LogP contribution in [0, 0.1) is 0 Å². The summed E-state index contributed by atoms with van der Waals surface area (Å²) in [5.74, 6) is 0.709. The number of pyridine rings is 1. The van der Waals surface area contributed by atoms with Gasteiger partial charge in [0.2, 0.25) is 0 Å². The van der Waals surface area contributed by atoms with Crippen molar-refractivity contribution in [3.63, 3.8) is 0 Å². The molecule has 0 aliphatic carbocycles. The fourth-order valence-electron chi connectivity index (χ4n) is 6.21. The molecule has 0 aliphatic heterocycles. The van der Waals surface area contributed by atoms with Crippen LogP contribution in [-0.4, -0.2) is 19.5 Å². The van der Waals surface area contributed by atoms with Gasteiger partial charge in [-0.15, -0.1) is 11.3 Å². The zero-order valence-corrected chi connectivity index (χ0v) is 24.4. The molecule has 4 aromatic heterocycles. The summed E-state index contributed by atoms with van der Waals surface area (Å²) in [7, 11) is 0. The zero-order chi connectivity index (χ0) is 29.0. The minimum atomic E-state index is 0.709. The molecule has 0 spiro atoms. The van der Waals surface area contributed by atoms with Gasteiger partial charge in [-0.1, -0.05) is 97.1 Å². The Bertz CT molecular complexity index is 2420. The van der Waals surface area contributed by atoms with Gasteiger partial charge in [0.1, 0.15) is 0 Å². The summed E-state index contributed by atoms with van der Waals surface area (Å²) < 4.78 is 4.86. The maximum atomic E-state index is 5.11. The van der Waals surface area contributed by atoms with Crippen LogP contribution in [0.15, 0.2) is 146 Å². The standard InChI is InChI=1S/C39H24N4S/c1-4-12-25(13-5-1)32-23-33(26-14-6-2-7-15-26)42-39(41-32)27-20-21-35-30(22-27)37-38(44-35)36-29-18-10-11-19-31(29)40-24-34(36)43(37)28-16-8-3-9-17-28/h1-24H. The molecule has 4 nitrogen and oxygen atoms in total. The van der Waals surface area contributed by atoms with Crippen LogP contribution >= 0.6 is 11.3 Å². The van der Waals surface area contributed by atoms with Crippen molar-refractivity contribution in [2.45, 2.75) is 0 Å². The highest BCUT2D eigenvalue weighted by atomic mass is 32.1. The van der Waals surface area contributed by atoms with Crippen LogP contribution in [0.25, 0.3) is 81.7 Å². The maximum absolute atomic E-state index is 5.11. The summed E-state index contributed by atoms with van der Waals surface area (Å²) >= 11 is 1.84. The van der Waals surface area contributed by atoms with Gasteiger partial charge in [0.25, 0.3) is 0 Å². The molecule has 0 unspecified atom stereocenters. The van der Waals surface area contributed by atoms with Crippen molar-refractivity contribution in [2.75, 3.05) is 0 Å². The van der Waals surface area contributed by atoms with Gasteiger partial charge in [-0.05, 0) is 42.5 Å². The van der Waals surface area contributed by atoms with Crippen LogP contribution in [0.1, 0.15) is 0 Å². The predicted molar refractivity (Wildman–Crippen MR) is 183 cm³/mol. The second kappa shape index (κ2) is 9.97. The Labute approximate surface area is 257 Å². The first kappa shape index (κ1) is 24.9. The average Bonchev–Trinajstić information content (AvgIpc) is 3.63. The van der Waals surface area contributed by atoms with Crippen molar-refractivity contribution in [3.05, 3.63) is 146 Å². The predicted octanol–water partition coefficient (Wildman–Crippen LogP) is 10.3. The summed E-state index contributed by atoms with van der Waals surface area (Å²) in [5.41, 5.74) is 9.34. The molecule has 0 aliphatic rings. The number of rotatable bonds is 4. The number of aromatic nitrogens is 4. The lowest BCUT2D eigenvalue weighted by atomic mass is 10.1. The van der Waals surface area contributed by atoms with E-state index in [-0.39, 0.29) is 0 Å². The molecule has 0 N–H and O–H groups in total. The summed E-state index contributed by atoms with van der Waals surface area (Å²) in [6, 6.07) is 48.4. The molecule has 44 heavy (non-hydrogen) atoms. The molecule has 0 amide bonds. The maximum Gasteiger partial charge on any atom is 0.160 e. The number of thiophene rings is 1. The van der Waals surface area contributed by atoms with Crippen LogP contribution in [0.4, 0.5) is 0 Å². The van der Waals surface area contributed by atoms with Crippen molar-refractivity contribution in [1.82, 2.24) is 19.5 Å². The minimum absolute atomic E-state index is 0.709. The third-order valence-corrected chi connectivity index (χ3v) is 9.42. The number of nitrogens with zero attached hydrogens (tertiary/aromatic N) is 4. The minimum Gasteiger partial charge on any atom is -0.306 e. The molecule has 5 aromatic carbocycles. The molecule has 0 bridgehead atoms. The van der Waals surface area contributed by atoms with Gasteiger partial charge in [-0.25, -0.2) is 9.97 Å². The van der Waals surface area contributed by atoms with Crippen molar-refractivity contribution >= 4 is 53.4 Å². The largest absolute Gasteiger partial charge is 0.306 e. The van der Waals surface area contributed by atoms with E-state index in [0.29, 0.717) is 5.82 Å². The quantitative estimate of drug-likeness (QED) is 0.208. The van der Waals surface area contributed by atoms with E-state index in [1.807, 2.05) is 29.7 Å². The molecule has 206 valence electrons. The van der Waals surface area contributed by atoms with E-state index in [2.05, 4.69) is 132 Å². The summed E-state index contributed by atoms with van der Waals surface area (Å²) in [6.07, 6.45) is 2.02. The van der Waals surface area contributed by atoms with E-state index in [1.54, 1.807) is 0 Å². The van der Waals surface area contributed by atoms with E-state index < -0.39 is 0 Å². The number of para-hydroxylation sites is 2. The average molecular weight is 581 g/mol. The summed E-state index contributed by atoms with van der Waals surface area (Å²) in [6.45, 7) is 0. The molecular formula is C39H24N4S. The van der Waals surface area contributed by atoms with Gasteiger partial charge in [-0.2, -0.15) is 0 Å². The van der Waals surface area contributed by atoms with Crippen LogP contribution in [0.3, 0.4) is 0 Å². The molecule has 0 fully saturated rings. The smallest absolute Gasteiger partial charge is 0.160 e. The lowest BCUT2D eigenvalue weighted by molar-refractivity contribution is 1.18. The third-order valence-electron chi connectivity index (χ3n) is 8.25. The van der Waals surface area contributed by atoms with Gasteiger partial charge in [0.05, 0.1) is 38.8 Å². The lowest BCUT2D eigenvalue weighted by Gasteiger charge is -2.10. The SMILES string of the molecule is c1ccc(-c2cc(-c3ccccc3)nc(-c3ccc4sc5c6c7ccccc7ncc6n(-c6ccccc6)c5c4c3)n2)cc1. The van der Waals surface area contributed by atoms with Crippen molar-refractivity contribution in [1.29, 1.82) is 0 Å². The Kier molecular flexibility index (Phi) is 5.64. The molecule has 0 radical (unpaired) electrons. The molecule has 9 aromatic rings. The Hall–Kier alpha value is -5.65. The van der Waals surface area contributed by atoms with Gasteiger partial charge in [0.15, 0.2) is 5.82 Å². The van der Waals surface area contributed by atoms with Crippen LogP contribution in [0.2, 0.25) is 0 Å². The first-order valence-corrected chi connectivity index (χ1v) is 15.4. The van der Waals surface area contributed by atoms with Gasteiger partial charge in [0, 0.05) is 43.2 Å². The highest BCUT2D eigenvalue weighted by Gasteiger charge is 2.21. The first-order chi connectivity index (χ1) is 21.8. The summed E-state index contributed by atoms with van der Waals surface area (Å²) in [5, 5.41) is 3.59. The zero-order valence-electron chi connectivity index (χ0n) is 23.6. The van der Waals surface area contributed by atoms with Crippen LogP contribution < -0.4 is 0 Å². The molecule has 4 heterocycles. The van der Waals surface area contributed by atoms with E-state index >= 15 is 0 Å². The Balaban J connectivity index is 1.34.